The van der Waals surface area contributed by atoms with E-state index >= 15 is 0 Å². The first-order chi connectivity index (χ1) is 14.6. The number of halogens is 1. The van der Waals surface area contributed by atoms with E-state index in [0.717, 1.165) is 32.0 Å². The molecule has 1 aromatic heterocycles. The second-order valence-electron chi connectivity index (χ2n) is 8.23. The first-order valence-corrected chi connectivity index (χ1v) is 11.5. The van der Waals surface area contributed by atoms with Gasteiger partial charge in [-0.25, -0.2) is 4.98 Å². The molecule has 3 heterocycles. The molecule has 30 heavy (non-hydrogen) atoms. The van der Waals surface area contributed by atoms with Crippen molar-refractivity contribution in [3.8, 4) is 0 Å². The number of piperidine rings is 1. The fourth-order valence-electron chi connectivity index (χ4n) is 4.15. The van der Waals surface area contributed by atoms with Crippen LogP contribution in [0.2, 0.25) is 5.15 Å². The molecule has 2 saturated heterocycles. The molecule has 160 valence electrons. The number of thiocarbonyl (C=S) groups is 1. The molecule has 0 saturated carbocycles. The van der Waals surface area contributed by atoms with E-state index in [4.69, 9.17) is 23.8 Å². The molecule has 2 fully saturated rings. The Bertz CT molecular complexity index is 868. The first kappa shape index (κ1) is 21.1. The molecule has 0 aliphatic carbocycles. The van der Waals surface area contributed by atoms with E-state index < -0.39 is 0 Å². The summed E-state index contributed by atoms with van der Waals surface area (Å²) in [5.74, 6) is 1.94. The molecule has 1 atom stereocenters. The Hall–Kier alpha value is -2.12. The van der Waals surface area contributed by atoms with Crippen LogP contribution in [0.4, 0.5) is 17.5 Å². The van der Waals surface area contributed by atoms with Crippen molar-refractivity contribution in [3.63, 3.8) is 0 Å². The van der Waals surface area contributed by atoms with Gasteiger partial charge in [0, 0.05) is 44.5 Å². The third-order valence-electron chi connectivity index (χ3n) is 5.75. The second kappa shape index (κ2) is 9.79. The molecule has 2 aliphatic heterocycles. The van der Waals surface area contributed by atoms with Crippen LogP contribution >= 0.6 is 23.8 Å². The minimum Gasteiger partial charge on any atom is -0.372 e. The van der Waals surface area contributed by atoms with E-state index in [-0.39, 0.29) is 0 Å². The van der Waals surface area contributed by atoms with Crippen LogP contribution in [0.3, 0.4) is 0 Å². The predicted molar refractivity (Wildman–Crippen MR) is 129 cm³/mol. The average Bonchev–Trinajstić information content (AvgIpc) is 3.27. The Morgan fingerprint density at radius 2 is 1.83 bits per heavy atom. The van der Waals surface area contributed by atoms with Gasteiger partial charge in [0.25, 0.3) is 0 Å². The van der Waals surface area contributed by atoms with E-state index in [1.165, 1.54) is 36.9 Å². The minimum absolute atomic E-state index is 0.418. The van der Waals surface area contributed by atoms with Gasteiger partial charge in [0.05, 0.1) is 0 Å². The highest BCUT2D eigenvalue weighted by Crippen LogP contribution is 2.24. The molecule has 1 aromatic carbocycles. The number of hydrogen-bond donors (Lipinski definition) is 2. The number of hydrogen-bond acceptors (Lipinski definition) is 5. The van der Waals surface area contributed by atoms with Crippen LogP contribution in [0.5, 0.6) is 0 Å². The maximum Gasteiger partial charge on any atom is 0.232 e. The molecule has 0 radical (unpaired) electrons. The lowest BCUT2D eigenvalue weighted by Gasteiger charge is -2.32. The van der Waals surface area contributed by atoms with Crippen LogP contribution in [0.15, 0.2) is 30.3 Å². The van der Waals surface area contributed by atoms with Crippen molar-refractivity contribution >= 4 is 46.4 Å². The van der Waals surface area contributed by atoms with Crippen molar-refractivity contribution in [2.75, 3.05) is 41.3 Å². The predicted octanol–water partition coefficient (Wildman–Crippen LogP) is 4.45. The van der Waals surface area contributed by atoms with E-state index in [1.54, 1.807) is 0 Å². The van der Waals surface area contributed by atoms with Crippen molar-refractivity contribution in [2.45, 2.75) is 39.2 Å². The number of nitrogens with one attached hydrogen (secondary N) is 2. The van der Waals surface area contributed by atoms with Crippen molar-refractivity contribution < 1.29 is 0 Å². The molecule has 2 aromatic rings. The molecule has 0 amide bonds. The molecule has 4 rings (SSSR count). The van der Waals surface area contributed by atoms with Crippen LogP contribution < -0.4 is 20.4 Å². The maximum atomic E-state index is 6.25. The minimum atomic E-state index is 0.418. The quantitative estimate of drug-likeness (QED) is 0.521. The van der Waals surface area contributed by atoms with Crippen molar-refractivity contribution in [1.29, 1.82) is 0 Å². The lowest BCUT2D eigenvalue weighted by Crippen LogP contribution is -2.35. The first-order valence-electron chi connectivity index (χ1n) is 10.7. The van der Waals surface area contributed by atoms with Gasteiger partial charge < -0.3 is 20.4 Å². The molecule has 8 heteroatoms. The Labute approximate surface area is 189 Å². The van der Waals surface area contributed by atoms with Gasteiger partial charge in [-0.1, -0.05) is 30.7 Å². The molecular weight excluding hydrogens is 416 g/mol. The summed E-state index contributed by atoms with van der Waals surface area (Å²) in [5, 5.41) is 7.21. The smallest absolute Gasteiger partial charge is 0.232 e. The number of anilines is 3. The normalized spacial score (nSPS) is 19.1. The van der Waals surface area contributed by atoms with Gasteiger partial charge in [-0.05, 0) is 61.5 Å². The van der Waals surface area contributed by atoms with Gasteiger partial charge in [0.15, 0.2) is 5.11 Å². The van der Waals surface area contributed by atoms with Gasteiger partial charge in [-0.15, -0.1) is 0 Å². The lowest BCUT2D eigenvalue weighted by atomic mass is 10.0. The highest BCUT2D eigenvalue weighted by atomic mass is 35.5. The summed E-state index contributed by atoms with van der Waals surface area (Å²) < 4.78 is 0. The van der Waals surface area contributed by atoms with Gasteiger partial charge in [0.1, 0.15) is 11.0 Å². The second-order valence-corrected chi connectivity index (χ2v) is 9.03. The average molecular weight is 445 g/mol. The highest BCUT2D eigenvalue weighted by Gasteiger charge is 2.19. The number of benzene rings is 1. The van der Waals surface area contributed by atoms with E-state index in [0.29, 0.717) is 28.7 Å². The topological polar surface area (TPSA) is 56.3 Å². The third-order valence-corrected chi connectivity index (χ3v) is 6.19. The summed E-state index contributed by atoms with van der Waals surface area (Å²) >= 11 is 11.7. The van der Waals surface area contributed by atoms with E-state index in [1.807, 2.05) is 6.07 Å². The highest BCUT2D eigenvalue weighted by molar-refractivity contribution is 7.80. The zero-order valence-corrected chi connectivity index (χ0v) is 19.0. The van der Waals surface area contributed by atoms with E-state index in [9.17, 15) is 0 Å². The van der Waals surface area contributed by atoms with Crippen LogP contribution in [-0.4, -0.2) is 41.3 Å². The lowest BCUT2D eigenvalue weighted by molar-refractivity contribution is 0.444. The number of rotatable bonds is 5. The van der Waals surface area contributed by atoms with Crippen LogP contribution in [0.25, 0.3) is 0 Å². The molecule has 2 N–H and O–H groups in total. The largest absolute Gasteiger partial charge is 0.372 e. The molecule has 1 unspecified atom stereocenters. The Morgan fingerprint density at radius 3 is 2.57 bits per heavy atom. The van der Waals surface area contributed by atoms with Crippen molar-refractivity contribution in [3.05, 3.63) is 41.0 Å². The SMILES string of the molecule is CC1CCCN(c2cc(Cl)nc(NC(=S)NCc3ccc(N4CCCC4)cc3)n2)C1. The summed E-state index contributed by atoms with van der Waals surface area (Å²) in [6.45, 7) is 7.21. The Kier molecular flexibility index (Phi) is 6.89. The Morgan fingerprint density at radius 1 is 1.10 bits per heavy atom. The molecular formula is C22H29ClN6S. The van der Waals surface area contributed by atoms with Gasteiger partial charge in [-0.2, -0.15) is 4.98 Å². The molecule has 0 spiro atoms. The maximum absolute atomic E-state index is 6.25. The standard InChI is InChI=1S/C22H29ClN6S/c1-16-5-4-12-29(15-16)20-13-19(23)25-21(26-20)27-22(30)24-14-17-6-8-18(9-7-17)28-10-2-3-11-28/h6-9,13,16H,2-5,10-12,14-15H2,1H3,(H2,24,25,26,27,30). The fraction of sp³-hybridized carbons (Fsp3) is 0.500. The zero-order valence-electron chi connectivity index (χ0n) is 17.4. The summed E-state index contributed by atoms with van der Waals surface area (Å²) in [7, 11) is 0. The summed E-state index contributed by atoms with van der Waals surface area (Å²) in [6.07, 6.45) is 5.00. The molecule has 0 bridgehead atoms. The number of aromatic nitrogens is 2. The fourth-order valence-corrected chi connectivity index (χ4v) is 4.49. The van der Waals surface area contributed by atoms with Crippen LogP contribution in [-0.2, 0) is 6.54 Å². The molecule has 2 aliphatic rings. The van der Waals surface area contributed by atoms with Crippen LogP contribution in [0, 0.1) is 5.92 Å². The van der Waals surface area contributed by atoms with Gasteiger partial charge >= 0.3 is 0 Å². The molecule has 6 nitrogen and oxygen atoms in total. The summed E-state index contributed by atoms with van der Waals surface area (Å²) in [5.41, 5.74) is 2.47. The van der Waals surface area contributed by atoms with Crippen LogP contribution in [0.1, 0.15) is 38.2 Å². The monoisotopic (exact) mass is 444 g/mol. The summed E-state index contributed by atoms with van der Waals surface area (Å²) in [6, 6.07) is 10.5. The zero-order chi connectivity index (χ0) is 20.9. The van der Waals surface area contributed by atoms with E-state index in [2.05, 4.69) is 61.6 Å². The van der Waals surface area contributed by atoms with Gasteiger partial charge in [-0.3, -0.25) is 0 Å². The van der Waals surface area contributed by atoms with Crippen molar-refractivity contribution in [1.82, 2.24) is 15.3 Å². The third kappa shape index (κ3) is 5.52. The Balaban J connectivity index is 1.32. The van der Waals surface area contributed by atoms with Gasteiger partial charge in [0.2, 0.25) is 5.95 Å². The van der Waals surface area contributed by atoms with Crippen molar-refractivity contribution in [2.24, 2.45) is 5.92 Å². The summed E-state index contributed by atoms with van der Waals surface area (Å²) in [4.78, 5) is 13.6. The number of nitrogens with zero attached hydrogens (tertiary/aromatic N) is 4.